The van der Waals surface area contributed by atoms with Crippen molar-refractivity contribution in [3.05, 3.63) is 59.8 Å². The minimum absolute atomic E-state index is 0.256. The molecule has 24 heavy (non-hydrogen) atoms. The van der Waals surface area contributed by atoms with Crippen LogP contribution in [-0.2, 0) is 6.42 Å². The molecule has 1 aromatic heterocycles. The van der Waals surface area contributed by atoms with Crippen molar-refractivity contribution < 1.29 is 9.90 Å². The summed E-state index contributed by atoms with van der Waals surface area (Å²) in [6.07, 6.45) is 2.53. The number of hydrogen-bond donors (Lipinski definition) is 4. The van der Waals surface area contributed by atoms with E-state index in [1.807, 2.05) is 42.5 Å². The van der Waals surface area contributed by atoms with Crippen LogP contribution in [0.25, 0.3) is 0 Å². The number of rotatable bonds is 6. The Morgan fingerprint density at radius 1 is 1.17 bits per heavy atom. The summed E-state index contributed by atoms with van der Waals surface area (Å²) < 4.78 is 0. The largest absolute Gasteiger partial charge is 0.390 e. The lowest BCUT2D eigenvalue weighted by molar-refractivity contribution is 0.142. The van der Waals surface area contributed by atoms with Crippen molar-refractivity contribution in [2.45, 2.75) is 25.0 Å². The molecule has 126 valence electrons. The zero-order valence-corrected chi connectivity index (χ0v) is 13.4. The van der Waals surface area contributed by atoms with E-state index in [1.165, 1.54) is 0 Å². The van der Waals surface area contributed by atoms with Crippen molar-refractivity contribution in [3.63, 3.8) is 0 Å². The number of urea groups is 1. The van der Waals surface area contributed by atoms with Gasteiger partial charge in [0.2, 0.25) is 0 Å². The van der Waals surface area contributed by atoms with Gasteiger partial charge in [0.1, 0.15) is 5.82 Å². The number of amides is 2. The fourth-order valence-corrected chi connectivity index (χ4v) is 2.91. The molecule has 6 nitrogen and oxygen atoms in total. The number of fused-ring (bicyclic) bond motifs is 1. The summed E-state index contributed by atoms with van der Waals surface area (Å²) in [5.41, 5.74) is 2.09. The number of hydrogen-bond acceptors (Lipinski definition) is 4. The Morgan fingerprint density at radius 2 is 2.00 bits per heavy atom. The molecule has 1 aromatic carbocycles. The SMILES string of the molecule is O=C(NCCCNc1ccccn1)N[C@@H]1c2ccccc2C[C@@H]1O. The standard InChI is InChI=1S/C18H22N4O2/c23-15-12-13-6-1-2-7-14(13)17(15)22-18(24)21-11-5-10-20-16-8-3-4-9-19-16/h1-4,6-9,15,17,23H,5,10-12H2,(H,19,20)(H2,21,22,24)/t15-,17+/m0/s1. The second kappa shape index (κ2) is 7.79. The fraction of sp³-hybridized carbons (Fsp3) is 0.333. The zero-order valence-electron chi connectivity index (χ0n) is 13.4. The zero-order chi connectivity index (χ0) is 16.8. The maximum Gasteiger partial charge on any atom is 0.315 e. The summed E-state index contributed by atoms with van der Waals surface area (Å²) in [6, 6.07) is 12.9. The third-order valence-electron chi connectivity index (χ3n) is 4.10. The summed E-state index contributed by atoms with van der Waals surface area (Å²) in [6.45, 7) is 1.28. The number of benzene rings is 1. The van der Waals surface area contributed by atoms with E-state index in [1.54, 1.807) is 6.20 Å². The minimum Gasteiger partial charge on any atom is -0.390 e. The van der Waals surface area contributed by atoms with Crippen LogP contribution in [0, 0.1) is 0 Å². The molecule has 1 aliphatic carbocycles. The van der Waals surface area contributed by atoms with Crippen LogP contribution in [-0.4, -0.2) is 35.3 Å². The number of anilines is 1. The van der Waals surface area contributed by atoms with E-state index in [2.05, 4.69) is 20.9 Å². The molecule has 6 heteroatoms. The molecule has 0 fully saturated rings. The fourth-order valence-electron chi connectivity index (χ4n) is 2.91. The maximum atomic E-state index is 12.0. The van der Waals surface area contributed by atoms with Crippen LogP contribution < -0.4 is 16.0 Å². The number of aliphatic hydroxyl groups excluding tert-OH is 1. The van der Waals surface area contributed by atoms with Crippen LogP contribution in [0.1, 0.15) is 23.6 Å². The Labute approximate surface area is 141 Å². The van der Waals surface area contributed by atoms with Crippen molar-refractivity contribution in [2.75, 3.05) is 18.4 Å². The number of nitrogens with zero attached hydrogens (tertiary/aromatic N) is 1. The van der Waals surface area contributed by atoms with E-state index in [0.29, 0.717) is 13.0 Å². The normalized spacial score (nSPS) is 18.7. The van der Waals surface area contributed by atoms with Crippen LogP contribution >= 0.6 is 0 Å². The lowest BCUT2D eigenvalue weighted by atomic mass is 10.1. The number of pyridine rings is 1. The smallest absolute Gasteiger partial charge is 0.315 e. The summed E-state index contributed by atoms with van der Waals surface area (Å²) in [7, 11) is 0. The highest BCUT2D eigenvalue weighted by atomic mass is 16.3. The van der Waals surface area contributed by atoms with Crippen LogP contribution in [0.2, 0.25) is 0 Å². The lowest BCUT2D eigenvalue weighted by Crippen LogP contribution is -2.41. The van der Waals surface area contributed by atoms with Crippen LogP contribution in [0.4, 0.5) is 10.6 Å². The third kappa shape index (κ3) is 4.02. The Hall–Kier alpha value is -2.60. The Morgan fingerprint density at radius 3 is 2.83 bits per heavy atom. The maximum absolute atomic E-state index is 12.0. The molecule has 0 saturated carbocycles. The molecule has 1 aliphatic rings. The first kappa shape index (κ1) is 16.3. The highest BCUT2D eigenvalue weighted by Crippen LogP contribution is 2.30. The van der Waals surface area contributed by atoms with E-state index >= 15 is 0 Å². The highest BCUT2D eigenvalue weighted by molar-refractivity contribution is 5.74. The molecule has 2 atom stereocenters. The van der Waals surface area contributed by atoms with Gasteiger partial charge in [0.15, 0.2) is 0 Å². The Bertz CT molecular complexity index is 678. The Balaban J connectivity index is 1.39. The molecule has 0 saturated heterocycles. The van der Waals surface area contributed by atoms with Crippen molar-refractivity contribution in [1.82, 2.24) is 15.6 Å². The van der Waals surface area contributed by atoms with Gasteiger partial charge in [-0.2, -0.15) is 0 Å². The monoisotopic (exact) mass is 326 g/mol. The van der Waals surface area contributed by atoms with Crippen LogP contribution in [0.3, 0.4) is 0 Å². The van der Waals surface area contributed by atoms with E-state index in [0.717, 1.165) is 29.9 Å². The second-order valence-corrected chi connectivity index (χ2v) is 5.84. The molecule has 0 unspecified atom stereocenters. The van der Waals surface area contributed by atoms with Gasteiger partial charge in [0.05, 0.1) is 12.1 Å². The number of aliphatic hydroxyl groups is 1. The van der Waals surface area contributed by atoms with Gasteiger partial charge in [-0.3, -0.25) is 0 Å². The van der Waals surface area contributed by atoms with Gasteiger partial charge in [0, 0.05) is 25.7 Å². The van der Waals surface area contributed by atoms with Crippen LogP contribution in [0.15, 0.2) is 48.7 Å². The van der Waals surface area contributed by atoms with Crippen molar-refractivity contribution >= 4 is 11.8 Å². The van der Waals surface area contributed by atoms with E-state index in [4.69, 9.17) is 0 Å². The summed E-state index contributed by atoms with van der Waals surface area (Å²) >= 11 is 0. The van der Waals surface area contributed by atoms with Gasteiger partial charge in [-0.15, -0.1) is 0 Å². The summed E-state index contributed by atoms with van der Waals surface area (Å²) in [4.78, 5) is 16.2. The molecule has 2 amide bonds. The Kier molecular flexibility index (Phi) is 5.28. The van der Waals surface area contributed by atoms with Gasteiger partial charge < -0.3 is 21.1 Å². The van der Waals surface area contributed by atoms with Gasteiger partial charge in [-0.25, -0.2) is 9.78 Å². The highest BCUT2D eigenvalue weighted by Gasteiger charge is 2.31. The van der Waals surface area contributed by atoms with Gasteiger partial charge >= 0.3 is 6.03 Å². The van der Waals surface area contributed by atoms with E-state index < -0.39 is 6.10 Å². The van der Waals surface area contributed by atoms with Crippen LogP contribution in [0.5, 0.6) is 0 Å². The predicted molar refractivity (Wildman–Crippen MR) is 92.8 cm³/mol. The first-order chi connectivity index (χ1) is 11.7. The molecule has 0 spiro atoms. The molecule has 0 aliphatic heterocycles. The lowest BCUT2D eigenvalue weighted by Gasteiger charge is -2.18. The molecular formula is C18H22N4O2. The first-order valence-electron chi connectivity index (χ1n) is 8.19. The number of aromatic nitrogens is 1. The van der Waals surface area contributed by atoms with E-state index in [-0.39, 0.29) is 12.1 Å². The molecule has 0 radical (unpaired) electrons. The first-order valence-corrected chi connectivity index (χ1v) is 8.19. The summed E-state index contributed by atoms with van der Waals surface area (Å²) in [5.74, 6) is 0.827. The average molecular weight is 326 g/mol. The van der Waals surface area contributed by atoms with Gasteiger partial charge in [0.25, 0.3) is 0 Å². The molecular weight excluding hydrogens is 304 g/mol. The van der Waals surface area contributed by atoms with Gasteiger partial charge in [-0.1, -0.05) is 30.3 Å². The number of carbonyl (C=O) groups excluding carboxylic acids is 1. The molecule has 2 aromatic rings. The second-order valence-electron chi connectivity index (χ2n) is 5.84. The molecule has 3 rings (SSSR count). The minimum atomic E-state index is -0.570. The van der Waals surface area contributed by atoms with Crippen molar-refractivity contribution in [3.8, 4) is 0 Å². The third-order valence-corrected chi connectivity index (χ3v) is 4.10. The van der Waals surface area contributed by atoms with E-state index in [9.17, 15) is 9.90 Å². The summed E-state index contributed by atoms with van der Waals surface area (Å²) in [5, 5.41) is 19.0. The molecule has 0 bridgehead atoms. The quantitative estimate of drug-likeness (QED) is 0.610. The predicted octanol–water partition coefficient (Wildman–Crippen LogP) is 1.84. The van der Waals surface area contributed by atoms with Crippen molar-refractivity contribution in [1.29, 1.82) is 0 Å². The number of carbonyl (C=O) groups is 1. The average Bonchev–Trinajstić information content (AvgIpc) is 2.91. The van der Waals surface area contributed by atoms with Gasteiger partial charge in [-0.05, 0) is 29.7 Å². The molecule has 4 N–H and O–H groups in total. The topological polar surface area (TPSA) is 86.3 Å². The number of nitrogens with one attached hydrogen (secondary N) is 3. The molecule has 1 heterocycles. The van der Waals surface area contributed by atoms with Crippen molar-refractivity contribution in [2.24, 2.45) is 0 Å².